The van der Waals surface area contributed by atoms with Crippen molar-refractivity contribution in [1.29, 1.82) is 0 Å². The van der Waals surface area contributed by atoms with E-state index in [4.69, 9.17) is 9.47 Å². The van der Waals surface area contributed by atoms with Gasteiger partial charge in [0.25, 0.3) is 5.91 Å². The molecule has 0 spiro atoms. The highest BCUT2D eigenvalue weighted by Gasteiger charge is 2.27. The second-order valence-electron chi connectivity index (χ2n) is 7.73. The largest absolute Gasteiger partial charge is 0.381 e. The molecule has 0 N–H and O–H groups in total. The highest BCUT2D eigenvalue weighted by atomic mass is 16.5. The average molecular weight is 399 g/mol. The highest BCUT2D eigenvalue weighted by Crippen LogP contribution is 2.18. The lowest BCUT2D eigenvalue weighted by atomic mass is 10.0. The van der Waals surface area contributed by atoms with Crippen molar-refractivity contribution in [3.8, 4) is 0 Å². The van der Waals surface area contributed by atoms with Gasteiger partial charge in [-0.25, -0.2) is 4.98 Å². The van der Waals surface area contributed by atoms with Gasteiger partial charge in [-0.15, -0.1) is 0 Å². The number of carbonyl (C=O) groups is 1. The molecule has 2 aliphatic heterocycles. The van der Waals surface area contributed by atoms with Gasteiger partial charge in [-0.3, -0.25) is 9.69 Å². The quantitative estimate of drug-likeness (QED) is 0.713. The van der Waals surface area contributed by atoms with Gasteiger partial charge in [0, 0.05) is 69.9 Å². The van der Waals surface area contributed by atoms with E-state index in [1.165, 1.54) is 0 Å². The first-order valence-corrected chi connectivity index (χ1v) is 10.5. The van der Waals surface area contributed by atoms with Crippen molar-refractivity contribution in [2.24, 2.45) is 0 Å². The molecule has 0 unspecified atom stereocenters. The van der Waals surface area contributed by atoms with Gasteiger partial charge in [-0.1, -0.05) is 12.1 Å². The molecule has 2 saturated heterocycles. The monoisotopic (exact) mass is 398 g/mol. The van der Waals surface area contributed by atoms with Gasteiger partial charge in [0.05, 0.1) is 19.5 Å². The molecule has 4 rings (SSSR count). The van der Waals surface area contributed by atoms with Gasteiger partial charge in [-0.05, 0) is 30.5 Å². The molecule has 1 amide bonds. The third-order valence-electron chi connectivity index (χ3n) is 5.78. The number of morpholine rings is 1. The zero-order valence-corrected chi connectivity index (χ0v) is 16.9. The summed E-state index contributed by atoms with van der Waals surface area (Å²) in [6.07, 6.45) is 7.34. The topological polar surface area (TPSA) is 59.8 Å². The Labute approximate surface area is 172 Å². The van der Waals surface area contributed by atoms with Crippen LogP contribution in [0.1, 0.15) is 28.8 Å². The molecule has 1 aromatic heterocycles. The molecular weight excluding hydrogens is 368 g/mol. The van der Waals surface area contributed by atoms with E-state index in [-0.39, 0.29) is 11.9 Å². The molecule has 7 heteroatoms. The summed E-state index contributed by atoms with van der Waals surface area (Å²) < 4.78 is 13.0. The standard InChI is InChI=1S/C22H30N4O3/c27-22(20-3-1-19(2-4-20)17-25-8-7-23-18-25)26(21-5-13-28-14-6-21)10-9-24-11-15-29-16-12-24/h1-4,7-8,18,21H,5-6,9-17H2. The zero-order valence-electron chi connectivity index (χ0n) is 16.9. The maximum atomic E-state index is 13.4. The molecule has 29 heavy (non-hydrogen) atoms. The molecule has 2 fully saturated rings. The van der Waals surface area contributed by atoms with E-state index in [0.29, 0.717) is 0 Å². The lowest BCUT2D eigenvalue weighted by Gasteiger charge is -2.36. The summed E-state index contributed by atoms with van der Waals surface area (Å²) in [4.78, 5) is 21.9. The third kappa shape index (κ3) is 5.44. The first-order chi connectivity index (χ1) is 14.3. The van der Waals surface area contributed by atoms with E-state index in [2.05, 4.69) is 14.8 Å². The Hall–Kier alpha value is -2.22. The van der Waals surface area contributed by atoms with E-state index in [1.807, 2.05) is 35.0 Å². The van der Waals surface area contributed by atoms with Crippen LogP contribution in [0.3, 0.4) is 0 Å². The van der Waals surface area contributed by atoms with Crippen LogP contribution in [-0.2, 0) is 16.0 Å². The number of imidazole rings is 1. The fraction of sp³-hybridized carbons (Fsp3) is 0.545. The fourth-order valence-electron chi connectivity index (χ4n) is 4.03. The fourth-order valence-corrected chi connectivity index (χ4v) is 4.03. The van der Waals surface area contributed by atoms with E-state index in [0.717, 1.165) is 83.1 Å². The summed E-state index contributed by atoms with van der Waals surface area (Å²) in [5.74, 6) is 0.124. The second-order valence-corrected chi connectivity index (χ2v) is 7.73. The summed E-state index contributed by atoms with van der Waals surface area (Å²) in [5, 5.41) is 0. The molecule has 0 saturated carbocycles. The number of hydrogen-bond acceptors (Lipinski definition) is 5. The van der Waals surface area contributed by atoms with Gasteiger partial charge >= 0.3 is 0 Å². The van der Waals surface area contributed by atoms with Gasteiger partial charge in [0.1, 0.15) is 0 Å². The van der Waals surface area contributed by atoms with Crippen LogP contribution >= 0.6 is 0 Å². The van der Waals surface area contributed by atoms with E-state index in [1.54, 1.807) is 12.5 Å². The number of aromatic nitrogens is 2. The van der Waals surface area contributed by atoms with Gasteiger partial charge in [0.15, 0.2) is 0 Å². The summed E-state index contributed by atoms with van der Waals surface area (Å²) in [6, 6.07) is 8.24. The van der Waals surface area contributed by atoms with Crippen LogP contribution in [-0.4, -0.2) is 83.9 Å². The van der Waals surface area contributed by atoms with Crippen molar-refractivity contribution in [2.75, 3.05) is 52.6 Å². The van der Waals surface area contributed by atoms with Crippen LogP contribution < -0.4 is 0 Å². The van der Waals surface area contributed by atoms with Gasteiger partial charge < -0.3 is 18.9 Å². The Morgan fingerprint density at radius 3 is 2.48 bits per heavy atom. The van der Waals surface area contributed by atoms with Crippen LogP contribution in [0.5, 0.6) is 0 Å². The minimum Gasteiger partial charge on any atom is -0.381 e. The Morgan fingerprint density at radius 1 is 1.07 bits per heavy atom. The lowest BCUT2D eigenvalue weighted by molar-refractivity contribution is 0.0141. The summed E-state index contributed by atoms with van der Waals surface area (Å²) in [7, 11) is 0. The first-order valence-electron chi connectivity index (χ1n) is 10.5. The summed E-state index contributed by atoms with van der Waals surface area (Å²) in [6.45, 7) is 7.32. The number of rotatable bonds is 7. The lowest BCUT2D eigenvalue weighted by Crippen LogP contribution is -2.48. The second kappa shape index (κ2) is 10.0. The van der Waals surface area contributed by atoms with Crippen molar-refractivity contribution >= 4 is 5.91 Å². The summed E-state index contributed by atoms with van der Waals surface area (Å²) >= 11 is 0. The van der Waals surface area contributed by atoms with Gasteiger partial charge in [0.2, 0.25) is 0 Å². The van der Waals surface area contributed by atoms with Crippen molar-refractivity contribution in [2.45, 2.75) is 25.4 Å². The zero-order chi connectivity index (χ0) is 19.9. The Morgan fingerprint density at radius 2 is 1.79 bits per heavy atom. The molecule has 156 valence electrons. The number of ether oxygens (including phenoxy) is 2. The molecule has 2 aliphatic rings. The maximum absolute atomic E-state index is 13.4. The van der Waals surface area contributed by atoms with Crippen LogP contribution in [0.25, 0.3) is 0 Å². The van der Waals surface area contributed by atoms with Crippen molar-refractivity contribution in [3.05, 3.63) is 54.1 Å². The number of carbonyl (C=O) groups excluding carboxylic acids is 1. The molecule has 0 radical (unpaired) electrons. The van der Waals surface area contributed by atoms with E-state index >= 15 is 0 Å². The predicted molar refractivity (Wildman–Crippen MR) is 110 cm³/mol. The van der Waals surface area contributed by atoms with E-state index in [9.17, 15) is 4.79 Å². The van der Waals surface area contributed by atoms with Crippen molar-refractivity contribution in [3.63, 3.8) is 0 Å². The van der Waals surface area contributed by atoms with E-state index < -0.39 is 0 Å². The Kier molecular flexibility index (Phi) is 6.92. The van der Waals surface area contributed by atoms with Crippen LogP contribution in [0.15, 0.2) is 43.0 Å². The normalized spacial score (nSPS) is 18.6. The molecule has 7 nitrogen and oxygen atoms in total. The highest BCUT2D eigenvalue weighted by molar-refractivity contribution is 5.94. The van der Waals surface area contributed by atoms with Crippen LogP contribution in [0.2, 0.25) is 0 Å². The maximum Gasteiger partial charge on any atom is 0.254 e. The molecule has 0 atom stereocenters. The number of hydrogen-bond donors (Lipinski definition) is 0. The number of amides is 1. The SMILES string of the molecule is O=C(c1ccc(Cn2ccnc2)cc1)N(CCN1CCOCC1)C1CCOCC1. The smallest absolute Gasteiger partial charge is 0.254 e. The molecule has 0 aliphatic carbocycles. The summed E-state index contributed by atoms with van der Waals surface area (Å²) in [5.41, 5.74) is 1.92. The Balaban J connectivity index is 1.42. The molecule has 3 heterocycles. The van der Waals surface area contributed by atoms with Crippen molar-refractivity contribution in [1.82, 2.24) is 19.4 Å². The van der Waals surface area contributed by atoms with Crippen molar-refractivity contribution < 1.29 is 14.3 Å². The minimum absolute atomic E-state index is 0.124. The molecular formula is C22H30N4O3. The first kappa shape index (κ1) is 20.1. The molecule has 1 aromatic carbocycles. The van der Waals surface area contributed by atoms with Crippen LogP contribution in [0.4, 0.5) is 0 Å². The molecule has 2 aromatic rings. The van der Waals surface area contributed by atoms with Gasteiger partial charge in [-0.2, -0.15) is 0 Å². The number of benzene rings is 1. The Bertz CT molecular complexity index is 751. The molecule has 0 bridgehead atoms. The predicted octanol–water partition coefficient (Wildman–Crippen LogP) is 1.88. The minimum atomic E-state index is 0.124. The van der Waals surface area contributed by atoms with Crippen LogP contribution in [0, 0.1) is 0 Å². The number of nitrogens with zero attached hydrogens (tertiary/aromatic N) is 4. The third-order valence-corrected chi connectivity index (χ3v) is 5.78. The average Bonchev–Trinajstić information content (AvgIpc) is 3.29.